The van der Waals surface area contributed by atoms with Gasteiger partial charge in [-0.2, -0.15) is 4.98 Å². The Kier molecular flexibility index (Phi) is 2.40. The lowest BCUT2D eigenvalue weighted by molar-refractivity contribution is 0.409. The van der Waals surface area contributed by atoms with Gasteiger partial charge in [-0.1, -0.05) is 20.8 Å². The molecule has 0 saturated heterocycles. The molecule has 0 fully saturated rings. The lowest BCUT2D eigenvalue weighted by Gasteiger charge is -2.04. The molecule has 1 rings (SSSR count). The van der Waals surface area contributed by atoms with E-state index in [-0.39, 0.29) is 6.01 Å². The topological polar surface area (TPSA) is 38.1 Å². The number of nitrogens with zero attached hydrogens (tertiary/aromatic N) is 2. The van der Waals surface area contributed by atoms with Gasteiger partial charge in [-0.05, 0) is 12.3 Å². The number of imidazole rings is 1. The lowest BCUT2D eigenvalue weighted by atomic mass is 10.1. The van der Waals surface area contributed by atoms with Crippen LogP contribution >= 0.6 is 0 Å². The van der Waals surface area contributed by atoms with Crippen LogP contribution in [0.15, 0.2) is 0 Å². The van der Waals surface area contributed by atoms with E-state index in [1.165, 1.54) is 0 Å². The minimum absolute atomic E-state index is 0.121. The number of hydrogen-bond donors (Lipinski definition) is 1. The van der Waals surface area contributed by atoms with Gasteiger partial charge in [0, 0.05) is 12.7 Å². The van der Waals surface area contributed by atoms with E-state index in [2.05, 4.69) is 25.8 Å². The summed E-state index contributed by atoms with van der Waals surface area (Å²) in [5.41, 5.74) is 2.14. The second-order valence-electron chi connectivity index (χ2n) is 3.31. The molecule has 12 heavy (non-hydrogen) atoms. The number of rotatable bonds is 2. The van der Waals surface area contributed by atoms with Gasteiger partial charge in [-0.3, -0.25) is 0 Å². The van der Waals surface area contributed by atoms with Crippen LogP contribution in [0.5, 0.6) is 6.01 Å². The lowest BCUT2D eigenvalue weighted by Crippen LogP contribution is -1.98. The highest BCUT2D eigenvalue weighted by Gasteiger charge is 2.14. The normalized spacial score (nSPS) is 11.1. The zero-order valence-electron chi connectivity index (χ0n) is 8.13. The van der Waals surface area contributed by atoms with Crippen molar-refractivity contribution in [1.29, 1.82) is 0 Å². The molecule has 1 heterocycles. The van der Waals surface area contributed by atoms with Crippen LogP contribution in [0.2, 0.25) is 0 Å². The molecule has 0 atom stereocenters. The molecule has 0 aliphatic carbocycles. The maximum absolute atomic E-state index is 9.35. The molecule has 0 bridgehead atoms. The second kappa shape index (κ2) is 3.17. The van der Waals surface area contributed by atoms with Crippen LogP contribution in [-0.4, -0.2) is 14.7 Å². The Morgan fingerprint density at radius 2 is 2.08 bits per heavy atom. The molecule has 0 radical (unpaired) electrons. The smallest absolute Gasteiger partial charge is 0.293 e. The molecule has 68 valence electrons. The number of hydrogen-bond acceptors (Lipinski definition) is 2. The first-order valence-electron chi connectivity index (χ1n) is 4.32. The first-order valence-corrected chi connectivity index (χ1v) is 4.32. The van der Waals surface area contributed by atoms with Gasteiger partial charge < -0.3 is 9.67 Å². The quantitative estimate of drug-likeness (QED) is 0.731. The fourth-order valence-electron chi connectivity index (χ4n) is 1.42. The zero-order chi connectivity index (χ0) is 9.30. The third kappa shape index (κ3) is 1.31. The third-order valence-corrected chi connectivity index (χ3v) is 2.10. The highest BCUT2D eigenvalue weighted by Crippen LogP contribution is 2.22. The first-order chi connectivity index (χ1) is 5.57. The summed E-state index contributed by atoms with van der Waals surface area (Å²) in [7, 11) is 1.84. The summed E-state index contributed by atoms with van der Waals surface area (Å²) < 4.78 is 1.75. The van der Waals surface area contributed by atoms with Crippen molar-refractivity contribution in [2.75, 3.05) is 0 Å². The predicted molar refractivity (Wildman–Crippen MR) is 48.3 cm³/mol. The Morgan fingerprint density at radius 3 is 2.42 bits per heavy atom. The Bertz CT molecular complexity index is 276. The molecule has 1 aromatic heterocycles. The van der Waals surface area contributed by atoms with Gasteiger partial charge in [-0.15, -0.1) is 0 Å². The van der Waals surface area contributed by atoms with Crippen molar-refractivity contribution >= 4 is 0 Å². The Morgan fingerprint density at radius 1 is 1.50 bits per heavy atom. The molecule has 0 amide bonds. The monoisotopic (exact) mass is 168 g/mol. The van der Waals surface area contributed by atoms with E-state index in [0.717, 1.165) is 17.8 Å². The van der Waals surface area contributed by atoms with Crippen LogP contribution in [0.4, 0.5) is 0 Å². The zero-order valence-corrected chi connectivity index (χ0v) is 8.13. The molecular formula is C9H16N2O. The first kappa shape index (κ1) is 9.10. The molecule has 0 aromatic carbocycles. The maximum atomic E-state index is 9.35. The van der Waals surface area contributed by atoms with Crippen molar-refractivity contribution in [2.24, 2.45) is 7.05 Å². The molecule has 0 spiro atoms. The van der Waals surface area contributed by atoms with Gasteiger partial charge in [0.15, 0.2) is 0 Å². The SMILES string of the molecule is CCc1c(C(C)C)nc(O)n1C. The highest BCUT2D eigenvalue weighted by atomic mass is 16.3. The molecule has 1 N–H and O–H groups in total. The molecule has 0 saturated carbocycles. The highest BCUT2D eigenvalue weighted by molar-refractivity contribution is 5.22. The molecule has 3 heteroatoms. The minimum atomic E-state index is 0.121. The summed E-state index contributed by atoms with van der Waals surface area (Å²) in [5, 5.41) is 9.35. The minimum Gasteiger partial charge on any atom is -0.480 e. The van der Waals surface area contributed by atoms with Crippen molar-refractivity contribution < 1.29 is 5.11 Å². The average molecular weight is 168 g/mol. The van der Waals surface area contributed by atoms with Crippen molar-refractivity contribution in [3.63, 3.8) is 0 Å². The average Bonchev–Trinajstić information content (AvgIpc) is 2.29. The Balaban J connectivity index is 3.20. The summed E-state index contributed by atoms with van der Waals surface area (Å²) >= 11 is 0. The van der Waals surface area contributed by atoms with Gasteiger partial charge in [0.2, 0.25) is 0 Å². The van der Waals surface area contributed by atoms with Crippen LogP contribution < -0.4 is 0 Å². The largest absolute Gasteiger partial charge is 0.480 e. The summed E-state index contributed by atoms with van der Waals surface area (Å²) in [5.74, 6) is 0.382. The van der Waals surface area contributed by atoms with E-state index >= 15 is 0 Å². The van der Waals surface area contributed by atoms with Crippen LogP contribution in [0.3, 0.4) is 0 Å². The van der Waals surface area contributed by atoms with Crippen LogP contribution in [0.1, 0.15) is 38.1 Å². The van der Waals surface area contributed by atoms with Gasteiger partial charge in [-0.25, -0.2) is 0 Å². The predicted octanol–water partition coefficient (Wildman–Crippen LogP) is 1.81. The van der Waals surface area contributed by atoms with Gasteiger partial charge in [0.05, 0.1) is 5.69 Å². The summed E-state index contributed by atoms with van der Waals surface area (Å²) in [4.78, 5) is 4.10. The number of aromatic nitrogens is 2. The Labute approximate surface area is 73.1 Å². The molecule has 0 aliphatic rings. The van der Waals surface area contributed by atoms with Gasteiger partial charge in [0.1, 0.15) is 0 Å². The maximum Gasteiger partial charge on any atom is 0.293 e. The fourth-order valence-corrected chi connectivity index (χ4v) is 1.42. The third-order valence-electron chi connectivity index (χ3n) is 2.10. The van der Waals surface area contributed by atoms with Crippen LogP contribution in [0, 0.1) is 0 Å². The van der Waals surface area contributed by atoms with Crippen molar-refractivity contribution in [2.45, 2.75) is 33.1 Å². The van der Waals surface area contributed by atoms with E-state index in [1.807, 2.05) is 7.05 Å². The molecular weight excluding hydrogens is 152 g/mol. The second-order valence-corrected chi connectivity index (χ2v) is 3.31. The van der Waals surface area contributed by atoms with Crippen molar-refractivity contribution in [3.8, 4) is 6.01 Å². The van der Waals surface area contributed by atoms with E-state index in [4.69, 9.17) is 0 Å². The van der Waals surface area contributed by atoms with Gasteiger partial charge in [0.25, 0.3) is 6.01 Å². The van der Waals surface area contributed by atoms with E-state index in [1.54, 1.807) is 4.57 Å². The summed E-state index contributed by atoms with van der Waals surface area (Å²) in [6, 6.07) is 0.121. The molecule has 3 nitrogen and oxygen atoms in total. The van der Waals surface area contributed by atoms with Crippen molar-refractivity contribution in [1.82, 2.24) is 9.55 Å². The number of aromatic hydroxyl groups is 1. The van der Waals surface area contributed by atoms with E-state index < -0.39 is 0 Å². The van der Waals surface area contributed by atoms with Crippen molar-refractivity contribution in [3.05, 3.63) is 11.4 Å². The summed E-state index contributed by atoms with van der Waals surface area (Å²) in [6.07, 6.45) is 0.914. The van der Waals surface area contributed by atoms with Crippen LogP contribution in [0.25, 0.3) is 0 Å². The van der Waals surface area contributed by atoms with E-state index in [0.29, 0.717) is 5.92 Å². The van der Waals surface area contributed by atoms with Gasteiger partial charge >= 0.3 is 0 Å². The summed E-state index contributed by atoms with van der Waals surface area (Å²) in [6.45, 7) is 6.24. The molecule has 1 aromatic rings. The molecule has 0 unspecified atom stereocenters. The van der Waals surface area contributed by atoms with Crippen LogP contribution in [-0.2, 0) is 13.5 Å². The standard InChI is InChI=1S/C9H16N2O/c1-5-7-8(6(2)3)10-9(12)11(7)4/h6H,5H2,1-4H3,(H,10,12). The van der Waals surface area contributed by atoms with E-state index in [9.17, 15) is 5.11 Å². The Hall–Kier alpha value is -0.990. The fraction of sp³-hybridized carbons (Fsp3) is 0.667. The molecule has 0 aliphatic heterocycles.